The van der Waals surface area contributed by atoms with Crippen LogP contribution in [0.15, 0.2) is 18.5 Å². The van der Waals surface area contributed by atoms with Gasteiger partial charge in [-0.15, -0.1) is 0 Å². The van der Waals surface area contributed by atoms with Gasteiger partial charge in [0.25, 0.3) is 5.88 Å². The number of nitro groups is 1. The minimum Gasteiger partial charge on any atom is -0.476 e. The second kappa shape index (κ2) is 5.44. The van der Waals surface area contributed by atoms with Crippen LogP contribution in [0.1, 0.15) is 19.3 Å². The molecule has 0 amide bonds. The molecular formula is C11H14N4O3. The number of rotatable bonds is 4. The van der Waals surface area contributed by atoms with Gasteiger partial charge in [0.2, 0.25) is 5.82 Å². The van der Waals surface area contributed by atoms with Crippen LogP contribution < -0.4 is 10.1 Å². The highest BCUT2D eigenvalue weighted by Gasteiger charge is 2.25. The zero-order valence-electron chi connectivity index (χ0n) is 10.00. The molecule has 96 valence electrons. The van der Waals surface area contributed by atoms with Gasteiger partial charge in [-0.25, -0.2) is 4.98 Å². The summed E-state index contributed by atoms with van der Waals surface area (Å²) < 4.78 is 4.89. The predicted octanol–water partition coefficient (Wildman–Crippen LogP) is 1.91. The van der Waals surface area contributed by atoms with Crippen molar-refractivity contribution in [2.75, 3.05) is 12.4 Å². The Morgan fingerprint density at radius 2 is 2.33 bits per heavy atom. The van der Waals surface area contributed by atoms with E-state index in [0.29, 0.717) is 0 Å². The monoisotopic (exact) mass is 250 g/mol. The third-order valence-electron chi connectivity index (χ3n) is 2.77. The first-order chi connectivity index (χ1) is 8.72. The third-order valence-corrected chi connectivity index (χ3v) is 2.77. The molecule has 0 spiro atoms. The summed E-state index contributed by atoms with van der Waals surface area (Å²) >= 11 is 0. The van der Waals surface area contributed by atoms with Gasteiger partial charge in [-0.05, 0) is 19.3 Å². The van der Waals surface area contributed by atoms with Crippen LogP contribution in [0.25, 0.3) is 0 Å². The van der Waals surface area contributed by atoms with Gasteiger partial charge in [-0.1, -0.05) is 12.2 Å². The predicted molar refractivity (Wildman–Crippen MR) is 65.6 cm³/mol. The molecule has 0 fully saturated rings. The smallest absolute Gasteiger partial charge is 0.372 e. The maximum atomic E-state index is 11.0. The normalized spacial score (nSPS) is 18.4. The molecular weight excluding hydrogens is 236 g/mol. The van der Waals surface area contributed by atoms with E-state index in [-0.39, 0.29) is 23.4 Å². The molecule has 0 saturated heterocycles. The Hall–Kier alpha value is -2.18. The molecule has 0 aliphatic heterocycles. The van der Waals surface area contributed by atoms with Crippen molar-refractivity contribution in [2.45, 2.75) is 25.3 Å². The number of hydrogen-bond donors (Lipinski definition) is 1. The van der Waals surface area contributed by atoms with Crippen molar-refractivity contribution in [3.63, 3.8) is 0 Å². The van der Waals surface area contributed by atoms with E-state index >= 15 is 0 Å². The Bertz CT molecular complexity index is 475. The van der Waals surface area contributed by atoms with Gasteiger partial charge in [0.15, 0.2) is 0 Å². The van der Waals surface area contributed by atoms with E-state index in [9.17, 15) is 10.1 Å². The van der Waals surface area contributed by atoms with Crippen molar-refractivity contribution in [1.29, 1.82) is 0 Å². The molecule has 0 bridgehead atoms. The fourth-order valence-electron chi connectivity index (χ4n) is 1.90. The quantitative estimate of drug-likeness (QED) is 0.498. The third kappa shape index (κ3) is 2.55. The van der Waals surface area contributed by atoms with Gasteiger partial charge in [-0.3, -0.25) is 10.1 Å². The molecule has 1 aliphatic rings. The zero-order valence-corrected chi connectivity index (χ0v) is 10.00. The first kappa shape index (κ1) is 12.3. The topological polar surface area (TPSA) is 90.2 Å². The van der Waals surface area contributed by atoms with E-state index in [0.717, 1.165) is 19.3 Å². The number of nitrogens with zero attached hydrogens (tertiary/aromatic N) is 3. The van der Waals surface area contributed by atoms with Crippen molar-refractivity contribution in [2.24, 2.45) is 0 Å². The Labute approximate surface area is 104 Å². The minimum atomic E-state index is -0.528. The number of ether oxygens (including phenoxy) is 1. The molecule has 1 aromatic heterocycles. The van der Waals surface area contributed by atoms with Gasteiger partial charge in [0.05, 0.1) is 12.0 Å². The van der Waals surface area contributed by atoms with E-state index < -0.39 is 4.92 Å². The number of allylic oxidation sites excluding steroid dienone is 1. The molecule has 18 heavy (non-hydrogen) atoms. The van der Waals surface area contributed by atoms with Gasteiger partial charge < -0.3 is 10.1 Å². The van der Waals surface area contributed by atoms with Crippen LogP contribution in [-0.4, -0.2) is 28.0 Å². The Morgan fingerprint density at radius 3 is 2.94 bits per heavy atom. The maximum Gasteiger partial charge on any atom is 0.372 e. The second-order valence-corrected chi connectivity index (χ2v) is 3.96. The molecule has 0 saturated carbocycles. The Balaban J connectivity index is 2.26. The summed E-state index contributed by atoms with van der Waals surface area (Å²) in [7, 11) is 1.35. The highest BCUT2D eigenvalue weighted by atomic mass is 16.6. The number of aromatic nitrogens is 2. The highest BCUT2D eigenvalue weighted by molar-refractivity contribution is 5.61. The van der Waals surface area contributed by atoms with E-state index in [1.165, 1.54) is 13.4 Å². The summed E-state index contributed by atoms with van der Waals surface area (Å²) in [5.74, 6) is 0.191. The summed E-state index contributed by atoms with van der Waals surface area (Å²) in [6.45, 7) is 0. The zero-order chi connectivity index (χ0) is 13.0. The lowest BCUT2D eigenvalue weighted by molar-refractivity contribution is -0.385. The van der Waals surface area contributed by atoms with Crippen LogP contribution in [0.2, 0.25) is 0 Å². The largest absolute Gasteiger partial charge is 0.476 e. The summed E-state index contributed by atoms with van der Waals surface area (Å²) in [4.78, 5) is 18.2. The van der Waals surface area contributed by atoms with Crippen LogP contribution in [0, 0.1) is 10.1 Å². The molecule has 2 rings (SSSR count). The first-order valence-corrected chi connectivity index (χ1v) is 5.67. The van der Waals surface area contributed by atoms with Crippen molar-refractivity contribution in [3.05, 3.63) is 28.6 Å². The van der Waals surface area contributed by atoms with E-state index in [1.807, 2.05) is 0 Å². The molecule has 1 heterocycles. The van der Waals surface area contributed by atoms with Gasteiger partial charge >= 0.3 is 5.69 Å². The lowest BCUT2D eigenvalue weighted by Gasteiger charge is -2.19. The highest BCUT2D eigenvalue weighted by Crippen LogP contribution is 2.31. The van der Waals surface area contributed by atoms with E-state index in [4.69, 9.17) is 4.74 Å². The summed E-state index contributed by atoms with van der Waals surface area (Å²) in [5, 5.41) is 14.1. The van der Waals surface area contributed by atoms with Crippen molar-refractivity contribution in [1.82, 2.24) is 9.97 Å². The fraction of sp³-hybridized carbons (Fsp3) is 0.455. The molecule has 7 heteroatoms. The van der Waals surface area contributed by atoms with E-state index in [2.05, 4.69) is 27.4 Å². The molecule has 1 unspecified atom stereocenters. The second-order valence-electron chi connectivity index (χ2n) is 3.96. The van der Waals surface area contributed by atoms with Gasteiger partial charge in [0.1, 0.15) is 6.33 Å². The fourth-order valence-corrected chi connectivity index (χ4v) is 1.90. The van der Waals surface area contributed by atoms with Crippen LogP contribution >= 0.6 is 0 Å². The van der Waals surface area contributed by atoms with Crippen molar-refractivity contribution >= 4 is 11.5 Å². The SMILES string of the molecule is COc1ncnc(NC2CC=CCC2)c1[N+](=O)[O-]. The minimum absolute atomic E-state index is 0.0242. The van der Waals surface area contributed by atoms with Crippen molar-refractivity contribution in [3.8, 4) is 5.88 Å². The van der Waals surface area contributed by atoms with Crippen molar-refractivity contribution < 1.29 is 9.66 Å². The first-order valence-electron chi connectivity index (χ1n) is 5.67. The van der Waals surface area contributed by atoms with Gasteiger partial charge in [-0.2, -0.15) is 4.98 Å². The van der Waals surface area contributed by atoms with Crippen LogP contribution in [0.3, 0.4) is 0 Å². The summed E-state index contributed by atoms with van der Waals surface area (Å²) in [6, 6.07) is 0.160. The lowest BCUT2D eigenvalue weighted by Crippen LogP contribution is -2.21. The molecule has 1 aromatic rings. The molecule has 0 aromatic carbocycles. The van der Waals surface area contributed by atoms with E-state index in [1.54, 1.807) is 0 Å². The summed E-state index contributed by atoms with van der Waals surface area (Å²) in [5.41, 5.74) is -0.213. The van der Waals surface area contributed by atoms with Gasteiger partial charge in [0, 0.05) is 6.04 Å². The molecule has 7 nitrogen and oxygen atoms in total. The van der Waals surface area contributed by atoms with Crippen LogP contribution in [-0.2, 0) is 0 Å². The number of nitrogens with one attached hydrogen (secondary N) is 1. The molecule has 0 radical (unpaired) electrons. The van der Waals surface area contributed by atoms with Crippen LogP contribution in [0.5, 0.6) is 5.88 Å². The number of methoxy groups -OCH3 is 1. The molecule has 1 aliphatic carbocycles. The Kier molecular flexibility index (Phi) is 3.71. The molecule has 1 N–H and O–H groups in total. The standard InChI is InChI=1S/C11H14N4O3/c1-18-11-9(15(16)17)10(12-7-13-11)14-8-5-3-2-4-6-8/h2-3,7-8H,4-6H2,1H3,(H,12,13,14). The average molecular weight is 250 g/mol. The maximum absolute atomic E-state index is 11.0. The molecule has 1 atom stereocenters. The van der Waals surface area contributed by atoms with Crippen LogP contribution in [0.4, 0.5) is 11.5 Å². The number of anilines is 1. The Morgan fingerprint density at radius 1 is 1.50 bits per heavy atom. The summed E-state index contributed by atoms with van der Waals surface area (Å²) in [6.07, 6.45) is 8.16. The lowest BCUT2D eigenvalue weighted by atomic mass is 10.0. The number of hydrogen-bond acceptors (Lipinski definition) is 6. The average Bonchev–Trinajstić information content (AvgIpc) is 2.39.